The van der Waals surface area contributed by atoms with E-state index in [4.69, 9.17) is 4.98 Å². The first-order valence-electron chi connectivity index (χ1n) is 15.3. The number of thiophene rings is 1. The van der Waals surface area contributed by atoms with Gasteiger partial charge in [0.05, 0.1) is 38.8 Å². The van der Waals surface area contributed by atoms with Crippen LogP contribution in [0, 0.1) is 11.3 Å². The zero-order valence-electron chi connectivity index (χ0n) is 24.7. The number of hydrogen-bond donors (Lipinski definition) is 0. The third-order valence-electron chi connectivity index (χ3n) is 8.79. The summed E-state index contributed by atoms with van der Waals surface area (Å²) in [5.41, 5.74) is 10.0. The molecule has 0 saturated carbocycles. The van der Waals surface area contributed by atoms with E-state index in [1.807, 2.05) is 47.7 Å². The lowest BCUT2D eigenvalue weighted by atomic mass is 9.98. The minimum atomic E-state index is 0.637. The maximum Gasteiger partial charge on any atom is 0.0991 e. The monoisotopic (exact) mass is 603 g/mol. The summed E-state index contributed by atoms with van der Waals surface area (Å²) in [7, 11) is 0. The SMILES string of the molecule is N#Cc1cccc(-c2cc(-c3cccc(-c4ccccc4)n3)cc(-n3c4ccccc4c4ccc5c6ccccc6sc5c43)c2)c1. The molecule has 9 rings (SSSR count). The lowest BCUT2D eigenvalue weighted by Crippen LogP contribution is -1.97. The molecule has 0 atom stereocenters. The third-order valence-corrected chi connectivity index (χ3v) is 9.99. The number of hydrogen-bond acceptors (Lipinski definition) is 3. The van der Waals surface area contributed by atoms with Crippen LogP contribution in [0.2, 0.25) is 0 Å². The Hall–Kier alpha value is -6.02. The molecule has 0 unspecified atom stereocenters. The van der Waals surface area contributed by atoms with Crippen molar-refractivity contribution in [1.29, 1.82) is 5.26 Å². The highest BCUT2D eigenvalue weighted by Gasteiger charge is 2.19. The number of benzene rings is 6. The largest absolute Gasteiger partial charge is 0.308 e. The molecule has 0 radical (unpaired) electrons. The zero-order chi connectivity index (χ0) is 30.6. The van der Waals surface area contributed by atoms with Crippen molar-refractivity contribution in [3.8, 4) is 45.4 Å². The first-order valence-corrected chi connectivity index (χ1v) is 16.1. The van der Waals surface area contributed by atoms with Gasteiger partial charge in [0.15, 0.2) is 0 Å². The lowest BCUT2D eigenvalue weighted by molar-refractivity contribution is 1.19. The average molecular weight is 604 g/mol. The normalized spacial score (nSPS) is 11.5. The Labute approximate surface area is 269 Å². The van der Waals surface area contributed by atoms with Gasteiger partial charge in [0.1, 0.15) is 0 Å². The standard InChI is InChI=1S/C42H25N3S/c43-26-27-10-8-13-29(22-27)30-23-31(38-17-9-16-37(44-38)28-11-2-1-3-12-28)25-32(24-30)45-39-18-6-4-14-33(39)35-20-21-36-34-15-5-7-19-40(34)46-42(36)41(35)45/h1-25H. The Bertz CT molecular complexity index is 2660. The van der Waals surface area contributed by atoms with Crippen molar-refractivity contribution in [2.24, 2.45) is 0 Å². The fraction of sp³-hybridized carbons (Fsp3) is 0. The third kappa shape index (κ3) is 4.22. The molecule has 214 valence electrons. The van der Waals surface area contributed by atoms with Crippen LogP contribution in [0.1, 0.15) is 5.56 Å². The van der Waals surface area contributed by atoms with E-state index in [1.165, 1.54) is 36.5 Å². The summed E-state index contributed by atoms with van der Waals surface area (Å²) in [4.78, 5) is 5.15. The molecular formula is C42H25N3S. The molecule has 0 amide bonds. The highest BCUT2D eigenvalue weighted by molar-refractivity contribution is 7.26. The van der Waals surface area contributed by atoms with Crippen molar-refractivity contribution in [2.45, 2.75) is 0 Å². The van der Waals surface area contributed by atoms with Gasteiger partial charge in [0.2, 0.25) is 0 Å². The maximum absolute atomic E-state index is 9.72. The minimum Gasteiger partial charge on any atom is -0.308 e. The van der Waals surface area contributed by atoms with Gasteiger partial charge in [-0.05, 0) is 65.7 Å². The second-order valence-electron chi connectivity index (χ2n) is 11.5. The average Bonchev–Trinajstić information content (AvgIpc) is 3.68. The molecule has 0 aliphatic carbocycles. The molecule has 0 bridgehead atoms. The molecule has 0 N–H and O–H groups in total. The van der Waals surface area contributed by atoms with E-state index in [9.17, 15) is 5.26 Å². The quantitative estimate of drug-likeness (QED) is 0.201. The summed E-state index contributed by atoms with van der Waals surface area (Å²) in [6.07, 6.45) is 0. The Kier molecular flexibility index (Phi) is 6.06. The molecule has 4 heteroatoms. The van der Waals surface area contributed by atoms with Gasteiger partial charge in [0.25, 0.3) is 0 Å². The fourth-order valence-electron chi connectivity index (χ4n) is 6.69. The number of para-hydroxylation sites is 1. The summed E-state index contributed by atoms with van der Waals surface area (Å²) >= 11 is 1.85. The molecule has 46 heavy (non-hydrogen) atoms. The van der Waals surface area contributed by atoms with Crippen LogP contribution in [0.4, 0.5) is 0 Å². The summed E-state index contributed by atoms with van der Waals surface area (Å²) in [5.74, 6) is 0. The number of rotatable bonds is 4. The first kappa shape index (κ1) is 26.4. The Morgan fingerprint density at radius 3 is 2.09 bits per heavy atom. The molecule has 0 aliphatic heterocycles. The van der Waals surface area contributed by atoms with Gasteiger partial charge in [-0.1, -0.05) is 97.1 Å². The molecule has 0 saturated heterocycles. The minimum absolute atomic E-state index is 0.637. The van der Waals surface area contributed by atoms with Crippen LogP contribution in [0.3, 0.4) is 0 Å². The fourth-order valence-corrected chi connectivity index (χ4v) is 7.93. The predicted octanol–water partition coefficient (Wildman–Crippen LogP) is 11.4. The van der Waals surface area contributed by atoms with Crippen LogP contribution < -0.4 is 0 Å². The molecule has 3 aromatic heterocycles. The number of nitrogens with zero attached hydrogens (tertiary/aromatic N) is 3. The van der Waals surface area contributed by atoms with E-state index >= 15 is 0 Å². The van der Waals surface area contributed by atoms with Gasteiger partial charge in [-0.3, -0.25) is 0 Å². The van der Waals surface area contributed by atoms with E-state index in [1.54, 1.807) is 0 Å². The maximum atomic E-state index is 9.72. The van der Waals surface area contributed by atoms with Gasteiger partial charge in [-0.2, -0.15) is 5.26 Å². The van der Waals surface area contributed by atoms with Gasteiger partial charge in [-0.15, -0.1) is 11.3 Å². The van der Waals surface area contributed by atoms with E-state index in [0.717, 1.165) is 44.8 Å². The summed E-state index contributed by atoms with van der Waals surface area (Å²) in [6.45, 7) is 0. The van der Waals surface area contributed by atoms with E-state index < -0.39 is 0 Å². The molecule has 9 aromatic rings. The molecule has 0 aliphatic rings. The van der Waals surface area contributed by atoms with Crippen molar-refractivity contribution in [2.75, 3.05) is 0 Å². The van der Waals surface area contributed by atoms with Crippen LogP contribution in [0.5, 0.6) is 0 Å². The van der Waals surface area contributed by atoms with Crippen molar-refractivity contribution in [3.05, 3.63) is 157 Å². The summed E-state index contributed by atoms with van der Waals surface area (Å²) in [6, 6.07) is 55.3. The summed E-state index contributed by atoms with van der Waals surface area (Å²) < 4.78 is 4.98. The highest BCUT2D eigenvalue weighted by atomic mass is 32.1. The molecule has 0 fully saturated rings. The number of aromatic nitrogens is 2. The van der Waals surface area contributed by atoms with Crippen molar-refractivity contribution in [3.63, 3.8) is 0 Å². The number of pyridine rings is 1. The van der Waals surface area contributed by atoms with Crippen LogP contribution >= 0.6 is 11.3 Å². The second-order valence-corrected chi connectivity index (χ2v) is 12.6. The van der Waals surface area contributed by atoms with Crippen LogP contribution in [-0.2, 0) is 0 Å². The van der Waals surface area contributed by atoms with Gasteiger partial charge >= 0.3 is 0 Å². The first-order chi connectivity index (χ1) is 22.7. The van der Waals surface area contributed by atoms with Gasteiger partial charge < -0.3 is 4.57 Å². The van der Waals surface area contributed by atoms with Crippen molar-refractivity contribution >= 4 is 53.3 Å². The molecule has 3 nitrogen and oxygen atoms in total. The van der Waals surface area contributed by atoms with E-state index in [0.29, 0.717) is 5.56 Å². The molecule has 0 spiro atoms. The van der Waals surface area contributed by atoms with Crippen LogP contribution in [-0.4, -0.2) is 9.55 Å². The van der Waals surface area contributed by atoms with Crippen molar-refractivity contribution < 1.29 is 0 Å². The molecule has 6 aromatic carbocycles. The predicted molar refractivity (Wildman–Crippen MR) is 192 cm³/mol. The number of fused-ring (bicyclic) bond motifs is 7. The van der Waals surface area contributed by atoms with Crippen LogP contribution in [0.25, 0.3) is 81.3 Å². The highest BCUT2D eigenvalue weighted by Crippen LogP contribution is 2.43. The Balaban J connectivity index is 1.37. The van der Waals surface area contributed by atoms with Crippen molar-refractivity contribution in [1.82, 2.24) is 9.55 Å². The van der Waals surface area contributed by atoms with E-state index in [-0.39, 0.29) is 0 Å². The van der Waals surface area contributed by atoms with Crippen LogP contribution in [0.15, 0.2) is 152 Å². The Morgan fingerprint density at radius 2 is 1.22 bits per heavy atom. The Morgan fingerprint density at radius 1 is 0.522 bits per heavy atom. The second kappa shape index (κ2) is 10.6. The van der Waals surface area contributed by atoms with Gasteiger partial charge in [-0.25, -0.2) is 4.98 Å². The lowest BCUT2D eigenvalue weighted by Gasteiger charge is -2.14. The topological polar surface area (TPSA) is 41.6 Å². The molecular weight excluding hydrogens is 579 g/mol. The summed E-state index contributed by atoms with van der Waals surface area (Å²) in [5, 5.41) is 14.7. The molecule has 3 heterocycles. The number of nitriles is 1. The van der Waals surface area contributed by atoms with E-state index in [2.05, 4.69) is 126 Å². The zero-order valence-corrected chi connectivity index (χ0v) is 25.5. The van der Waals surface area contributed by atoms with Gasteiger partial charge in [0, 0.05) is 43.1 Å². The smallest absolute Gasteiger partial charge is 0.0991 e.